The van der Waals surface area contributed by atoms with Gasteiger partial charge in [-0.15, -0.1) is 0 Å². The maximum absolute atomic E-state index is 12.6. The number of benzene rings is 2. The monoisotopic (exact) mass is 430 g/mol. The number of methoxy groups -OCH3 is 1. The van der Waals surface area contributed by atoms with Gasteiger partial charge < -0.3 is 14.6 Å². The molecular weight excluding hydrogens is 400 g/mol. The summed E-state index contributed by atoms with van der Waals surface area (Å²) in [7, 11) is 1.46. The summed E-state index contributed by atoms with van der Waals surface area (Å²) in [6, 6.07) is 16.0. The molecule has 1 amide bonds. The molecule has 2 aliphatic heterocycles. The van der Waals surface area contributed by atoms with Crippen LogP contribution in [0.15, 0.2) is 42.5 Å². The van der Waals surface area contributed by atoms with E-state index in [-0.39, 0.29) is 12.1 Å². The molecule has 1 aliphatic carbocycles. The van der Waals surface area contributed by atoms with Crippen LogP contribution in [0.3, 0.4) is 0 Å². The molecule has 6 nitrogen and oxygen atoms in total. The van der Waals surface area contributed by atoms with E-state index in [0.29, 0.717) is 18.0 Å². The minimum absolute atomic E-state index is 0.119. The van der Waals surface area contributed by atoms with Gasteiger partial charge in [-0.05, 0) is 56.2 Å². The number of amides is 1. The Morgan fingerprint density at radius 1 is 1.16 bits per heavy atom. The molecule has 6 rings (SSSR count). The van der Waals surface area contributed by atoms with Gasteiger partial charge in [0.05, 0.1) is 29.9 Å². The van der Waals surface area contributed by atoms with Crippen molar-refractivity contribution in [1.82, 2.24) is 14.9 Å². The second-order valence-corrected chi connectivity index (χ2v) is 9.56. The largest absolute Gasteiger partial charge is 0.452 e. The molecule has 2 aromatic carbocycles. The molecule has 1 N–H and O–H groups in total. The van der Waals surface area contributed by atoms with E-state index in [2.05, 4.69) is 59.3 Å². The molecule has 1 aromatic heterocycles. The zero-order valence-corrected chi connectivity index (χ0v) is 18.8. The van der Waals surface area contributed by atoms with Crippen molar-refractivity contribution >= 4 is 22.8 Å². The van der Waals surface area contributed by atoms with E-state index in [4.69, 9.17) is 9.72 Å². The van der Waals surface area contributed by atoms with Crippen LogP contribution in [0.4, 0.5) is 10.5 Å². The zero-order valence-electron chi connectivity index (χ0n) is 18.8. The first-order valence-electron chi connectivity index (χ1n) is 11.8. The summed E-state index contributed by atoms with van der Waals surface area (Å²) in [6.45, 7) is 3.18. The molecule has 166 valence electrons. The summed E-state index contributed by atoms with van der Waals surface area (Å²) in [5.74, 6) is 1.79. The Morgan fingerprint density at radius 2 is 2.00 bits per heavy atom. The number of carbonyl (C=O) groups is 1. The fourth-order valence-corrected chi connectivity index (χ4v) is 6.26. The van der Waals surface area contributed by atoms with Gasteiger partial charge in [0.25, 0.3) is 0 Å². The smallest absolute Gasteiger partial charge is 0.414 e. The predicted octanol–water partition coefficient (Wildman–Crippen LogP) is 4.46. The van der Waals surface area contributed by atoms with Crippen LogP contribution in [0.2, 0.25) is 0 Å². The number of anilines is 1. The Hall–Kier alpha value is -2.86. The van der Waals surface area contributed by atoms with Crippen LogP contribution in [0, 0.1) is 5.92 Å². The molecule has 0 spiro atoms. The van der Waals surface area contributed by atoms with Crippen molar-refractivity contribution in [2.75, 3.05) is 18.6 Å². The Kier molecular flexibility index (Phi) is 4.72. The van der Waals surface area contributed by atoms with E-state index in [1.54, 1.807) is 4.90 Å². The molecule has 1 saturated heterocycles. The van der Waals surface area contributed by atoms with Gasteiger partial charge in [0.1, 0.15) is 5.82 Å². The van der Waals surface area contributed by atoms with Crippen molar-refractivity contribution in [2.45, 2.75) is 57.2 Å². The Balaban J connectivity index is 1.53. The van der Waals surface area contributed by atoms with Crippen molar-refractivity contribution in [3.05, 3.63) is 59.4 Å². The second-order valence-electron chi connectivity index (χ2n) is 9.56. The number of fused-ring (bicyclic) bond motifs is 5. The summed E-state index contributed by atoms with van der Waals surface area (Å²) in [4.78, 5) is 19.6. The predicted molar refractivity (Wildman–Crippen MR) is 125 cm³/mol. The number of nitrogens with one attached hydrogen (secondary N) is 1. The maximum atomic E-state index is 12.6. The molecule has 2 bridgehead atoms. The fraction of sp³-hybridized carbons (Fsp3) is 0.462. The summed E-state index contributed by atoms with van der Waals surface area (Å²) in [5, 5.41) is 3.73. The van der Waals surface area contributed by atoms with Crippen LogP contribution in [-0.2, 0) is 17.6 Å². The quantitative estimate of drug-likeness (QED) is 0.667. The highest BCUT2D eigenvalue weighted by atomic mass is 16.5. The first kappa shape index (κ1) is 19.8. The van der Waals surface area contributed by atoms with E-state index < -0.39 is 0 Å². The van der Waals surface area contributed by atoms with Gasteiger partial charge in [-0.1, -0.05) is 30.3 Å². The maximum Gasteiger partial charge on any atom is 0.414 e. The molecular formula is C26H30N4O2. The lowest BCUT2D eigenvalue weighted by molar-refractivity contribution is 0.175. The van der Waals surface area contributed by atoms with Crippen LogP contribution in [0.1, 0.15) is 49.2 Å². The highest BCUT2D eigenvalue weighted by molar-refractivity contribution is 5.95. The molecule has 2 fully saturated rings. The van der Waals surface area contributed by atoms with E-state index in [1.165, 1.54) is 36.6 Å². The van der Waals surface area contributed by atoms with Gasteiger partial charge in [-0.2, -0.15) is 0 Å². The SMILES string of the molecule is COC(=O)N1c2ccc3c(nc(Cc4ccccc4)n3[C@@H]3C4CCC3NC4)c2CC[C@@H]1C. The lowest BCUT2D eigenvalue weighted by atomic mass is 9.95. The molecule has 4 atom stereocenters. The molecule has 3 heterocycles. The molecule has 3 aliphatic rings. The van der Waals surface area contributed by atoms with Crippen LogP contribution < -0.4 is 10.2 Å². The topological polar surface area (TPSA) is 59.4 Å². The number of carbonyl (C=O) groups excluding carboxylic acids is 1. The summed E-state index contributed by atoms with van der Waals surface area (Å²) in [6.07, 6.45) is 4.89. The lowest BCUT2D eigenvalue weighted by Crippen LogP contribution is -2.42. The number of ether oxygens (including phenoxy) is 1. The molecule has 1 saturated carbocycles. The van der Waals surface area contributed by atoms with E-state index in [0.717, 1.165) is 42.8 Å². The molecule has 2 unspecified atom stereocenters. The van der Waals surface area contributed by atoms with E-state index >= 15 is 0 Å². The average Bonchev–Trinajstić information content (AvgIpc) is 3.50. The Labute approximate surface area is 188 Å². The number of aromatic nitrogens is 2. The van der Waals surface area contributed by atoms with Crippen molar-refractivity contribution in [1.29, 1.82) is 0 Å². The number of hydrogen-bond acceptors (Lipinski definition) is 4. The number of aryl methyl sites for hydroxylation is 1. The van der Waals surface area contributed by atoms with Crippen LogP contribution in [-0.4, -0.2) is 41.4 Å². The Morgan fingerprint density at radius 3 is 2.69 bits per heavy atom. The number of hydrogen-bond donors (Lipinski definition) is 1. The first-order chi connectivity index (χ1) is 15.7. The molecule has 6 heteroatoms. The van der Waals surface area contributed by atoms with E-state index in [1.807, 2.05) is 0 Å². The van der Waals surface area contributed by atoms with Crippen LogP contribution >= 0.6 is 0 Å². The van der Waals surface area contributed by atoms with Crippen molar-refractivity contribution in [2.24, 2.45) is 5.92 Å². The summed E-state index contributed by atoms with van der Waals surface area (Å²) < 4.78 is 7.64. The Bertz CT molecular complexity index is 1150. The third-order valence-electron chi connectivity index (χ3n) is 7.79. The minimum atomic E-state index is -0.292. The third kappa shape index (κ3) is 2.96. The number of piperidine rings is 1. The average molecular weight is 431 g/mol. The first-order valence-corrected chi connectivity index (χ1v) is 11.8. The van der Waals surface area contributed by atoms with Gasteiger partial charge in [-0.3, -0.25) is 4.90 Å². The number of rotatable bonds is 3. The van der Waals surface area contributed by atoms with Crippen LogP contribution in [0.5, 0.6) is 0 Å². The van der Waals surface area contributed by atoms with Gasteiger partial charge >= 0.3 is 6.09 Å². The minimum Gasteiger partial charge on any atom is -0.452 e. The highest BCUT2D eigenvalue weighted by Gasteiger charge is 2.44. The normalized spacial score (nSPS) is 26.5. The van der Waals surface area contributed by atoms with E-state index in [9.17, 15) is 4.79 Å². The highest BCUT2D eigenvalue weighted by Crippen LogP contribution is 2.44. The second kappa shape index (κ2) is 7.62. The summed E-state index contributed by atoms with van der Waals surface area (Å²) in [5.41, 5.74) is 5.67. The molecule has 3 aromatic rings. The van der Waals surface area contributed by atoms with Gasteiger partial charge in [-0.25, -0.2) is 9.78 Å². The van der Waals surface area contributed by atoms with Crippen molar-refractivity contribution in [3.8, 4) is 0 Å². The standard InChI is InChI=1S/C26H30N4O2/c1-16-8-10-19-21(29(16)26(31)32-2)12-13-22-24(19)28-23(14-17-6-4-3-5-7-17)30(22)25-18-9-11-20(25)27-15-18/h3-7,12-13,16,18,20,25,27H,8-11,14-15H2,1-2H3/t16-,18?,20?,25+/m0/s1. The van der Waals surface area contributed by atoms with Crippen LogP contribution in [0.25, 0.3) is 11.0 Å². The lowest BCUT2D eigenvalue weighted by Gasteiger charge is -2.34. The van der Waals surface area contributed by atoms with Gasteiger partial charge in [0.2, 0.25) is 0 Å². The third-order valence-corrected chi connectivity index (χ3v) is 7.79. The van der Waals surface area contributed by atoms with Crippen molar-refractivity contribution in [3.63, 3.8) is 0 Å². The number of imidazole rings is 1. The fourth-order valence-electron chi connectivity index (χ4n) is 6.26. The summed E-state index contributed by atoms with van der Waals surface area (Å²) >= 11 is 0. The number of nitrogens with zero attached hydrogens (tertiary/aromatic N) is 3. The zero-order chi connectivity index (χ0) is 21.8. The van der Waals surface area contributed by atoms with Crippen molar-refractivity contribution < 1.29 is 9.53 Å². The van der Waals surface area contributed by atoms with Gasteiger partial charge in [0.15, 0.2) is 0 Å². The molecule has 0 radical (unpaired) electrons. The van der Waals surface area contributed by atoms with Gasteiger partial charge in [0, 0.05) is 30.6 Å². The molecule has 32 heavy (non-hydrogen) atoms.